The van der Waals surface area contributed by atoms with Crippen molar-refractivity contribution in [2.75, 3.05) is 19.7 Å². The molecule has 3 rings (SSSR count). The van der Waals surface area contributed by atoms with Crippen molar-refractivity contribution in [2.45, 2.75) is 31.8 Å². The number of fused-ring (bicyclic) bond motifs is 1. The minimum Gasteiger partial charge on any atom is -0.486 e. The molecule has 0 aliphatic carbocycles. The third-order valence-corrected chi connectivity index (χ3v) is 3.55. The number of amidine groups is 1. The topological polar surface area (TPSA) is 44.5 Å². The van der Waals surface area contributed by atoms with Crippen LogP contribution in [-0.4, -0.2) is 31.6 Å². The SMILES string of the molecule is c1ccc2c(c1)OC[C@H](CNC1=[NH+]CCCCC1)O2. The van der Waals surface area contributed by atoms with E-state index in [2.05, 4.69) is 10.3 Å². The molecule has 0 amide bonds. The lowest BCUT2D eigenvalue weighted by molar-refractivity contribution is -0.459. The fraction of sp³-hybridized carbons (Fsp3) is 0.533. The van der Waals surface area contributed by atoms with E-state index in [1.807, 2.05) is 24.3 Å². The molecule has 0 fully saturated rings. The largest absolute Gasteiger partial charge is 0.486 e. The van der Waals surface area contributed by atoms with Crippen LogP contribution in [0.3, 0.4) is 0 Å². The lowest BCUT2D eigenvalue weighted by atomic mass is 10.2. The maximum Gasteiger partial charge on any atom is 0.242 e. The molecule has 0 bridgehead atoms. The minimum atomic E-state index is 0.0763. The van der Waals surface area contributed by atoms with E-state index in [0.717, 1.165) is 31.0 Å². The van der Waals surface area contributed by atoms with Crippen LogP contribution in [0.5, 0.6) is 11.5 Å². The zero-order chi connectivity index (χ0) is 12.9. The summed E-state index contributed by atoms with van der Waals surface area (Å²) in [6.07, 6.45) is 5.04. The zero-order valence-corrected chi connectivity index (χ0v) is 11.2. The van der Waals surface area contributed by atoms with Crippen LogP contribution < -0.4 is 19.8 Å². The van der Waals surface area contributed by atoms with Crippen molar-refractivity contribution in [1.82, 2.24) is 5.32 Å². The molecule has 0 radical (unpaired) electrons. The fourth-order valence-corrected chi connectivity index (χ4v) is 2.48. The van der Waals surface area contributed by atoms with Crippen LogP contribution in [0, 0.1) is 0 Å². The summed E-state index contributed by atoms with van der Waals surface area (Å²) in [5.41, 5.74) is 0. The van der Waals surface area contributed by atoms with Crippen molar-refractivity contribution < 1.29 is 14.5 Å². The summed E-state index contributed by atoms with van der Waals surface area (Å²) in [6.45, 7) is 2.47. The molecule has 2 N–H and O–H groups in total. The second-order valence-corrected chi connectivity index (χ2v) is 5.09. The summed E-state index contributed by atoms with van der Waals surface area (Å²) in [5, 5.41) is 3.46. The van der Waals surface area contributed by atoms with Crippen molar-refractivity contribution in [3.05, 3.63) is 24.3 Å². The average Bonchev–Trinajstić information content (AvgIpc) is 2.73. The van der Waals surface area contributed by atoms with Gasteiger partial charge in [-0.2, -0.15) is 0 Å². The highest BCUT2D eigenvalue weighted by Crippen LogP contribution is 2.30. The first kappa shape index (κ1) is 12.3. The number of hydrogen-bond acceptors (Lipinski definition) is 3. The van der Waals surface area contributed by atoms with Gasteiger partial charge in [0.05, 0.1) is 6.54 Å². The molecule has 2 aliphatic rings. The summed E-state index contributed by atoms with van der Waals surface area (Å²) in [4.78, 5) is 3.45. The highest BCUT2D eigenvalue weighted by molar-refractivity contribution is 5.76. The summed E-state index contributed by atoms with van der Waals surface area (Å²) in [5.74, 6) is 2.94. The quantitative estimate of drug-likeness (QED) is 0.813. The molecule has 4 heteroatoms. The highest BCUT2D eigenvalue weighted by Gasteiger charge is 2.22. The first-order chi connectivity index (χ1) is 9.42. The average molecular weight is 261 g/mol. The molecule has 0 saturated carbocycles. The predicted octanol–water partition coefficient (Wildman–Crippen LogP) is 0.469. The van der Waals surface area contributed by atoms with E-state index in [-0.39, 0.29) is 6.10 Å². The van der Waals surface area contributed by atoms with Crippen molar-refractivity contribution in [1.29, 1.82) is 0 Å². The number of nitrogens with one attached hydrogen (secondary N) is 2. The van der Waals surface area contributed by atoms with Gasteiger partial charge in [0, 0.05) is 6.42 Å². The minimum absolute atomic E-state index is 0.0763. The van der Waals surface area contributed by atoms with Gasteiger partial charge >= 0.3 is 0 Å². The monoisotopic (exact) mass is 261 g/mol. The van der Waals surface area contributed by atoms with Gasteiger partial charge in [-0.1, -0.05) is 12.1 Å². The van der Waals surface area contributed by atoms with Gasteiger partial charge in [-0.15, -0.1) is 0 Å². The highest BCUT2D eigenvalue weighted by atomic mass is 16.6. The van der Waals surface area contributed by atoms with Gasteiger partial charge < -0.3 is 9.47 Å². The predicted molar refractivity (Wildman–Crippen MR) is 73.7 cm³/mol. The zero-order valence-electron chi connectivity index (χ0n) is 11.2. The van der Waals surface area contributed by atoms with Crippen LogP contribution in [-0.2, 0) is 0 Å². The molecule has 0 saturated heterocycles. The molecule has 102 valence electrons. The summed E-state index contributed by atoms with van der Waals surface area (Å²) in [7, 11) is 0. The van der Waals surface area contributed by atoms with Gasteiger partial charge in [0.15, 0.2) is 17.6 Å². The Morgan fingerprint density at radius 2 is 2.05 bits per heavy atom. The molecule has 1 atom stereocenters. The van der Waals surface area contributed by atoms with E-state index in [0.29, 0.717) is 6.61 Å². The lowest BCUT2D eigenvalue weighted by Gasteiger charge is -2.25. The molecule has 2 aliphatic heterocycles. The third kappa shape index (κ3) is 3.19. The van der Waals surface area contributed by atoms with Crippen LogP contribution >= 0.6 is 0 Å². The van der Waals surface area contributed by atoms with Crippen molar-refractivity contribution in [3.63, 3.8) is 0 Å². The van der Waals surface area contributed by atoms with Gasteiger partial charge in [-0.3, -0.25) is 10.3 Å². The van der Waals surface area contributed by atoms with Gasteiger partial charge in [-0.05, 0) is 31.4 Å². The Labute approximate surface area is 113 Å². The first-order valence-electron chi connectivity index (χ1n) is 7.14. The number of benzene rings is 1. The summed E-state index contributed by atoms with van der Waals surface area (Å²) >= 11 is 0. The molecule has 1 aromatic rings. The second-order valence-electron chi connectivity index (χ2n) is 5.09. The molecule has 0 aromatic heterocycles. The maximum absolute atomic E-state index is 5.93. The number of rotatable bonds is 2. The standard InChI is InChI=1S/C15H20N2O2/c1-2-8-15(16-9-5-1)17-10-12-11-18-13-6-3-4-7-14(13)19-12/h3-4,6-7,12H,1-2,5,8-11H2,(H,16,17)/p+1/t12-/m0/s1. The fourth-order valence-electron chi connectivity index (χ4n) is 2.48. The van der Waals surface area contributed by atoms with E-state index in [1.54, 1.807) is 0 Å². The van der Waals surface area contributed by atoms with Crippen LogP contribution in [0.1, 0.15) is 25.7 Å². The normalized spacial score (nSPS) is 22.3. The van der Waals surface area contributed by atoms with E-state index < -0.39 is 0 Å². The Hall–Kier alpha value is -1.71. The van der Waals surface area contributed by atoms with E-state index >= 15 is 0 Å². The maximum atomic E-state index is 5.93. The van der Waals surface area contributed by atoms with Crippen LogP contribution in [0.2, 0.25) is 0 Å². The van der Waals surface area contributed by atoms with Crippen molar-refractivity contribution in [3.8, 4) is 11.5 Å². The first-order valence-corrected chi connectivity index (χ1v) is 7.14. The van der Waals surface area contributed by atoms with Crippen LogP contribution in [0.15, 0.2) is 24.3 Å². The summed E-state index contributed by atoms with van der Waals surface area (Å²) in [6, 6.07) is 7.84. The molecule has 0 spiro atoms. The Morgan fingerprint density at radius 3 is 3.00 bits per heavy atom. The van der Waals surface area contributed by atoms with Crippen molar-refractivity contribution >= 4 is 5.84 Å². The molecule has 0 unspecified atom stereocenters. The molecule has 2 heterocycles. The van der Waals surface area contributed by atoms with E-state index in [4.69, 9.17) is 9.47 Å². The number of para-hydroxylation sites is 2. The lowest BCUT2D eigenvalue weighted by Crippen LogP contribution is -2.76. The molecular formula is C15H21N2O2+. The van der Waals surface area contributed by atoms with Gasteiger partial charge in [0.25, 0.3) is 0 Å². The third-order valence-electron chi connectivity index (χ3n) is 3.55. The number of ether oxygens (including phenoxy) is 2. The second kappa shape index (κ2) is 5.95. The Balaban J connectivity index is 1.53. The number of hydrogen-bond donors (Lipinski definition) is 2. The van der Waals surface area contributed by atoms with E-state index in [9.17, 15) is 0 Å². The Bertz CT molecular complexity index is 459. The smallest absolute Gasteiger partial charge is 0.242 e. The molecule has 4 nitrogen and oxygen atoms in total. The molecule has 19 heavy (non-hydrogen) atoms. The van der Waals surface area contributed by atoms with Gasteiger partial charge in [0.1, 0.15) is 13.2 Å². The summed E-state index contributed by atoms with van der Waals surface area (Å²) < 4.78 is 11.6. The van der Waals surface area contributed by atoms with Gasteiger partial charge in [-0.25, -0.2) is 0 Å². The van der Waals surface area contributed by atoms with Crippen LogP contribution in [0.4, 0.5) is 0 Å². The Kier molecular flexibility index (Phi) is 3.86. The van der Waals surface area contributed by atoms with Crippen LogP contribution in [0.25, 0.3) is 0 Å². The molecular weight excluding hydrogens is 240 g/mol. The van der Waals surface area contributed by atoms with Crippen molar-refractivity contribution in [2.24, 2.45) is 0 Å². The Morgan fingerprint density at radius 1 is 1.16 bits per heavy atom. The molecule has 1 aromatic carbocycles. The van der Waals surface area contributed by atoms with Gasteiger partial charge in [0.2, 0.25) is 5.84 Å². The van der Waals surface area contributed by atoms with E-state index in [1.165, 1.54) is 25.1 Å².